The van der Waals surface area contributed by atoms with E-state index in [-0.39, 0.29) is 34.4 Å². The predicted octanol–water partition coefficient (Wildman–Crippen LogP) is 6.76. The summed E-state index contributed by atoms with van der Waals surface area (Å²) in [5, 5.41) is 5.24. The summed E-state index contributed by atoms with van der Waals surface area (Å²) in [7, 11) is -1.21. The second-order valence-electron chi connectivity index (χ2n) is 12.6. The van der Waals surface area contributed by atoms with Crippen molar-refractivity contribution in [1.29, 1.82) is 0 Å². The quantitative estimate of drug-likeness (QED) is 0.150. The van der Waals surface area contributed by atoms with Crippen molar-refractivity contribution in [2.24, 2.45) is 12.2 Å². The van der Waals surface area contributed by atoms with Gasteiger partial charge in [0.25, 0.3) is 8.32 Å². The standard InChI is InChI=1S/C34H40ClFN4O3Si/c1-23-20-40(21-24(2)43-23)32-25(19-28(30(36)29(32)35)31(38-41)33-37-17-18-39(33)6)22-42-44(34(3,4)5,26-13-9-7-10-14-26)27-15-11-8-12-16-27/h7-19,23-24,31H,20-22H2,1-6H3/t23-,24+,31?. The molecule has 4 aromatic rings. The fraction of sp³-hybridized carbons (Fsp3) is 0.382. The number of nitroso groups, excluding NO2 is 1. The van der Waals surface area contributed by atoms with Crippen molar-refractivity contribution in [2.75, 3.05) is 18.0 Å². The lowest BCUT2D eigenvalue weighted by molar-refractivity contribution is -0.00532. The molecule has 2 heterocycles. The van der Waals surface area contributed by atoms with Gasteiger partial charge < -0.3 is 18.6 Å². The van der Waals surface area contributed by atoms with E-state index in [1.165, 1.54) is 0 Å². The van der Waals surface area contributed by atoms with E-state index in [9.17, 15) is 4.91 Å². The Morgan fingerprint density at radius 2 is 1.64 bits per heavy atom. The Labute approximate surface area is 265 Å². The van der Waals surface area contributed by atoms with E-state index in [1.54, 1.807) is 30.1 Å². The van der Waals surface area contributed by atoms with E-state index in [2.05, 4.69) is 60.1 Å². The smallest absolute Gasteiger partial charge is 0.261 e. The highest BCUT2D eigenvalue weighted by atomic mass is 35.5. The molecule has 1 aliphatic rings. The van der Waals surface area contributed by atoms with Crippen LogP contribution in [0, 0.1) is 10.7 Å². The molecule has 3 aromatic carbocycles. The third-order valence-electron chi connectivity index (χ3n) is 8.39. The third-order valence-corrected chi connectivity index (χ3v) is 13.7. The molecule has 0 amide bonds. The molecule has 0 N–H and O–H groups in total. The number of benzene rings is 3. The van der Waals surface area contributed by atoms with E-state index >= 15 is 4.39 Å². The molecule has 5 rings (SSSR count). The molecule has 1 saturated heterocycles. The van der Waals surface area contributed by atoms with Crippen LogP contribution in [0.2, 0.25) is 10.1 Å². The summed E-state index contributed by atoms with van der Waals surface area (Å²) in [6.07, 6.45) is 3.09. The topological polar surface area (TPSA) is 69.0 Å². The van der Waals surface area contributed by atoms with Crippen LogP contribution in [-0.4, -0.2) is 43.2 Å². The Balaban J connectivity index is 1.70. The maximum atomic E-state index is 16.3. The van der Waals surface area contributed by atoms with Crippen LogP contribution in [0.3, 0.4) is 0 Å². The molecule has 44 heavy (non-hydrogen) atoms. The van der Waals surface area contributed by atoms with Crippen LogP contribution < -0.4 is 15.3 Å². The molecule has 0 bridgehead atoms. The van der Waals surface area contributed by atoms with Crippen molar-refractivity contribution in [1.82, 2.24) is 9.55 Å². The second-order valence-corrected chi connectivity index (χ2v) is 17.3. The maximum absolute atomic E-state index is 16.3. The summed E-state index contributed by atoms with van der Waals surface area (Å²) in [5.41, 5.74) is 1.30. The number of morpholine rings is 1. The molecule has 1 unspecified atom stereocenters. The summed E-state index contributed by atoms with van der Waals surface area (Å²) in [6.45, 7) is 11.8. The molecule has 1 aromatic heterocycles. The maximum Gasteiger partial charge on any atom is 0.261 e. The second kappa shape index (κ2) is 12.9. The number of aryl methyl sites for hydroxylation is 1. The number of hydrogen-bond acceptors (Lipinski definition) is 6. The average Bonchev–Trinajstić information content (AvgIpc) is 3.41. The molecule has 1 aliphatic heterocycles. The number of aromatic nitrogens is 2. The van der Waals surface area contributed by atoms with Crippen LogP contribution in [-0.2, 0) is 22.8 Å². The first-order valence-corrected chi connectivity index (χ1v) is 17.2. The van der Waals surface area contributed by atoms with Crippen LogP contribution in [0.5, 0.6) is 0 Å². The Morgan fingerprint density at radius 1 is 1.07 bits per heavy atom. The first kappa shape index (κ1) is 32.0. The van der Waals surface area contributed by atoms with Gasteiger partial charge in [-0.15, -0.1) is 4.91 Å². The Bertz CT molecular complexity index is 1550. The number of rotatable bonds is 9. The van der Waals surface area contributed by atoms with Gasteiger partial charge in [0.05, 0.1) is 24.5 Å². The normalized spacial score (nSPS) is 18.3. The minimum absolute atomic E-state index is 0.0623. The van der Waals surface area contributed by atoms with Gasteiger partial charge in [0.1, 0.15) is 16.7 Å². The van der Waals surface area contributed by atoms with Gasteiger partial charge in [-0.05, 0) is 35.3 Å². The van der Waals surface area contributed by atoms with Crippen LogP contribution in [0.4, 0.5) is 10.1 Å². The van der Waals surface area contributed by atoms with Crippen molar-refractivity contribution in [3.63, 3.8) is 0 Å². The number of anilines is 1. The van der Waals surface area contributed by atoms with E-state index in [0.29, 0.717) is 30.2 Å². The van der Waals surface area contributed by atoms with Crippen molar-refractivity contribution in [2.45, 2.75) is 64.5 Å². The predicted molar refractivity (Wildman–Crippen MR) is 177 cm³/mol. The van der Waals surface area contributed by atoms with Gasteiger partial charge in [-0.3, -0.25) is 0 Å². The summed E-state index contributed by atoms with van der Waals surface area (Å²) in [6, 6.07) is 21.2. The Hall–Kier alpha value is -3.37. The fourth-order valence-corrected chi connectivity index (χ4v) is 11.4. The van der Waals surface area contributed by atoms with Gasteiger partial charge >= 0.3 is 0 Å². The number of nitrogens with zero attached hydrogens (tertiary/aromatic N) is 4. The molecule has 0 spiro atoms. The van der Waals surface area contributed by atoms with Crippen molar-refractivity contribution >= 4 is 36.0 Å². The molecule has 7 nitrogen and oxygen atoms in total. The summed E-state index contributed by atoms with van der Waals surface area (Å²) in [4.78, 5) is 18.6. The van der Waals surface area contributed by atoms with Gasteiger partial charge in [0.2, 0.25) is 0 Å². The Morgan fingerprint density at radius 3 is 2.11 bits per heavy atom. The fourth-order valence-electron chi connectivity index (χ4n) is 6.53. The Kier molecular flexibility index (Phi) is 9.41. The van der Waals surface area contributed by atoms with Crippen LogP contribution in [0.25, 0.3) is 0 Å². The molecule has 0 radical (unpaired) electrons. The first-order valence-electron chi connectivity index (χ1n) is 14.9. The zero-order chi connectivity index (χ0) is 31.6. The van der Waals surface area contributed by atoms with Crippen molar-refractivity contribution < 1.29 is 13.6 Å². The van der Waals surface area contributed by atoms with Crippen molar-refractivity contribution in [3.8, 4) is 0 Å². The summed E-state index contributed by atoms with van der Waals surface area (Å²) >= 11 is 6.94. The highest BCUT2D eigenvalue weighted by Gasteiger charge is 2.50. The SMILES string of the molecule is C[C@@H]1CN(c2c(CO[Si](c3ccccc3)(c3ccccc3)C(C)(C)C)cc(C(N=O)c3nccn3C)c(F)c2Cl)C[C@H](C)O1. The van der Waals surface area contributed by atoms with E-state index in [4.69, 9.17) is 20.8 Å². The molecular formula is C34H40ClFN4O3Si. The zero-order valence-electron chi connectivity index (χ0n) is 26.1. The third kappa shape index (κ3) is 5.98. The minimum atomic E-state index is -2.96. The van der Waals surface area contributed by atoms with Crippen LogP contribution in [0.1, 0.15) is 57.6 Å². The number of halogens is 2. The van der Waals surface area contributed by atoms with Crippen molar-refractivity contribution in [3.05, 3.63) is 112 Å². The lowest BCUT2D eigenvalue weighted by atomic mass is 10.00. The average molecular weight is 635 g/mol. The largest absolute Gasteiger partial charge is 0.403 e. The lowest BCUT2D eigenvalue weighted by Gasteiger charge is -2.43. The molecular weight excluding hydrogens is 595 g/mol. The molecule has 232 valence electrons. The highest BCUT2D eigenvalue weighted by molar-refractivity contribution is 6.99. The minimum Gasteiger partial charge on any atom is -0.403 e. The monoisotopic (exact) mass is 634 g/mol. The van der Waals surface area contributed by atoms with E-state index in [0.717, 1.165) is 10.4 Å². The molecule has 0 aliphatic carbocycles. The summed E-state index contributed by atoms with van der Waals surface area (Å²) in [5.74, 6) is -0.356. The van der Waals surface area contributed by atoms with Gasteiger partial charge in [-0.25, -0.2) is 9.37 Å². The number of imidazole rings is 1. The molecule has 3 atom stereocenters. The zero-order valence-corrected chi connectivity index (χ0v) is 27.9. The molecule has 1 fully saturated rings. The summed E-state index contributed by atoms with van der Waals surface area (Å²) < 4.78 is 31.2. The number of ether oxygens (including phenoxy) is 1. The first-order chi connectivity index (χ1) is 21.0. The lowest BCUT2D eigenvalue weighted by Crippen LogP contribution is -2.66. The van der Waals surface area contributed by atoms with Crippen LogP contribution in [0.15, 0.2) is 84.3 Å². The van der Waals surface area contributed by atoms with E-state index in [1.807, 2.05) is 50.2 Å². The van der Waals surface area contributed by atoms with Gasteiger partial charge in [-0.1, -0.05) is 98.2 Å². The van der Waals surface area contributed by atoms with Crippen LogP contribution >= 0.6 is 11.6 Å². The van der Waals surface area contributed by atoms with Gasteiger partial charge in [0.15, 0.2) is 6.04 Å². The number of hydrogen-bond donors (Lipinski definition) is 0. The van der Waals surface area contributed by atoms with Gasteiger partial charge in [-0.2, -0.15) is 0 Å². The van der Waals surface area contributed by atoms with E-state index < -0.39 is 20.2 Å². The highest BCUT2D eigenvalue weighted by Crippen LogP contribution is 2.42. The molecule has 10 heteroatoms. The molecule has 0 saturated carbocycles. The van der Waals surface area contributed by atoms with Gasteiger partial charge in [0, 0.05) is 43.7 Å².